The van der Waals surface area contributed by atoms with Gasteiger partial charge in [-0.25, -0.2) is 0 Å². The highest BCUT2D eigenvalue weighted by atomic mass is 16.5. The summed E-state index contributed by atoms with van der Waals surface area (Å²) in [5, 5.41) is 0. The van der Waals surface area contributed by atoms with Crippen molar-refractivity contribution < 1.29 is 4.74 Å². The SMILES string of the molecule is C=C/C=C/c1cccc(-c2cn(C)cc(C/C=C/C(C)OCC)c2=O)c1. The Morgan fingerprint density at radius 2 is 2.12 bits per heavy atom. The lowest BCUT2D eigenvalue weighted by Gasteiger charge is -2.09. The average molecular weight is 349 g/mol. The maximum Gasteiger partial charge on any atom is 0.192 e. The number of nitrogens with zero attached hydrogens (tertiary/aromatic N) is 1. The molecule has 1 aromatic heterocycles. The normalized spacial score (nSPS) is 12.7. The molecule has 3 heteroatoms. The molecule has 0 aliphatic carbocycles. The summed E-state index contributed by atoms with van der Waals surface area (Å²) in [6.07, 6.45) is 14.0. The van der Waals surface area contributed by atoms with E-state index < -0.39 is 0 Å². The molecule has 0 saturated heterocycles. The summed E-state index contributed by atoms with van der Waals surface area (Å²) in [7, 11) is 1.94. The van der Waals surface area contributed by atoms with E-state index in [2.05, 4.69) is 6.58 Å². The third kappa shape index (κ3) is 5.43. The first-order valence-corrected chi connectivity index (χ1v) is 8.92. The first-order valence-electron chi connectivity index (χ1n) is 8.92. The molecule has 0 N–H and O–H groups in total. The zero-order valence-electron chi connectivity index (χ0n) is 15.8. The van der Waals surface area contributed by atoms with Gasteiger partial charge >= 0.3 is 0 Å². The van der Waals surface area contributed by atoms with E-state index in [0.717, 1.165) is 16.7 Å². The molecule has 3 nitrogen and oxygen atoms in total. The van der Waals surface area contributed by atoms with E-state index in [0.29, 0.717) is 18.6 Å². The molecule has 26 heavy (non-hydrogen) atoms. The van der Waals surface area contributed by atoms with Gasteiger partial charge in [-0.2, -0.15) is 0 Å². The van der Waals surface area contributed by atoms with Crippen molar-refractivity contribution >= 4 is 6.08 Å². The molecule has 0 saturated carbocycles. The molecule has 2 aromatic rings. The van der Waals surface area contributed by atoms with Gasteiger partial charge < -0.3 is 9.30 Å². The Morgan fingerprint density at radius 1 is 1.31 bits per heavy atom. The minimum absolute atomic E-state index is 0.0559. The van der Waals surface area contributed by atoms with Crippen molar-refractivity contribution in [3.8, 4) is 11.1 Å². The van der Waals surface area contributed by atoms with Crippen LogP contribution >= 0.6 is 0 Å². The van der Waals surface area contributed by atoms with Gasteiger partial charge in [0.05, 0.1) is 6.10 Å². The summed E-state index contributed by atoms with van der Waals surface area (Å²) in [6, 6.07) is 7.97. The van der Waals surface area contributed by atoms with E-state index >= 15 is 0 Å². The first kappa shape index (κ1) is 19.7. The van der Waals surface area contributed by atoms with E-state index in [1.165, 1.54) is 0 Å². The summed E-state index contributed by atoms with van der Waals surface area (Å²) in [5.74, 6) is 0. The van der Waals surface area contributed by atoms with E-state index in [1.807, 2.05) is 86.4 Å². The van der Waals surface area contributed by atoms with Crippen LogP contribution in [0.3, 0.4) is 0 Å². The van der Waals surface area contributed by atoms with Crippen LogP contribution in [0.15, 0.2) is 72.3 Å². The minimum Gasteiger partial charge on any atom is -0.375 e. The molecule has 0 spiro atoms. The van der Waals surface area contributed by atoms with Gasteiger partial charge in [0, 0.05) is 37.2 Å². The fraction of sp³-hybridized carbons (Fsp3) is 0.261. The van der Waals surface area contributed by atoms with Gasteiger partial charge in [0.15, 0.2) is 5.43 Å². The van der Waals surface area contributed by atoms with Gasteiger partial charge in [0.2, 0.25) is 0 Å². The van der Waals surface area contributed by atoms with Crippen LogP contribution in [0.25, 0.3) is 17.2 Å². The molecule has 2 rings (SSSR count). The summed E-state index contributed by atoms with van der Waals surface area (Å²) < 4.78 is 7.43. The van der Waals surface area contributed by atoms with Crippen LogP contribution < -0.4 is 5.43 Å². The van der Waals surface area contributed by atoms with Crippen molar-refractivity contribution in [2.45, 2.75) is 26.4 Å². The van der Waals surface area contributed by atoms with Crippen LogP contribution in [0.1, 0.15) is 25.0 Å². The maximum absolute atomic E-state index is 12.9. The topological polar surface area (TPSA) is 31.2 Å². The van der Waals surface area contributed by atoms with Gasteiger partial charge in [-0.1, -0.05) is 55.2 Å². The third-order valence-corrected chi connectivity index (χ3v) is 4.03. The quantitative estimate of drug-likeness (QED) is 0.507. The second kappa shape index (κ2) is 9.73. The highest BCUT2D eigenvalue weighted by Gasteiger charge is 2.08. The summed E-state index contributed by atoms with van der Waals surface area (Å²) in [5.41, 5.74) is 3.52. The second-order valence-electron chi connectivity index (χ2n) is 6.20. The Hall–Kier alpha value is -2.65. The van der Waals surface area contributed by atoms with Crippen LogP contribution in [-0.2, 0) is 18.2 Å². The largest absolute Gasteiger partial charge is 0.375 e. The Kier molecular flexibility index (Phi) is 7.37. The highest BCUT2D eigenvalue weighted by molar-refractivity contribution is 5.67. The Balaban J connectivity index is 2.33. The molecule has 0 fully saturated rings. The van der Waals surface area contributed by atoms with Crippen LogP contribution in [0.2, 0.25) is 0 Å². The lowest BCUT2D eigenvalue weighted by Crippen LogP contribution is -2.14. The second-order valence-corrected chi connectivity index (χ2v) is 6.20. The van der Waals surface area contributed by atoms with E-state index in [9.17, 15) is 4.79 Å². The van der Waals surface area contributed by atoms with Gasteiger partial charge in [0.25, 0.3) is 0 Å². The summed E-state index contributed by atoms with van der Waals surface area (Å²) >= 11 is 0. The number of aryl methyl sites for hydroxylation is 1. The van der Waals surface area contributed by atoms with E-state index in [1.54, 1.807) is 6.08 Å². The molecule has 1 unspecified atom stereocenters. The van der Waals surface area contributed by atoms with Crippen molar-refractivity contribution in [3.63, 3.8) is 0 Å². The maximum atomic E-state index is 12.9. The Morgan fingerprint density at radius 3 is 2.85 bits per heavy atom. The number of hydrogen-bond donors (Lipinski definition) is 0. The fourth-order valence-electron chi connectivity index (χ4n) is 2.82. The van der Waals surface area contributed by atoms with E-state index in [-0.39, 0.29) is 11.5 Å². The number of pyridine rings is 1. The minimum atomic E-state index is 0.0559. The van der Waals surface area contributed by atoms with Gasteiger partial charge in [-0.15, -0.1) is 0 Å². The lowest BCUT2D eigenvalue weighted by molar-refractivity contribution is 0.109. The molecule has 0 aliphatic heterocycles. The zero-order valence-corrected chi connectivity index (χ0v) is 15.8. The summed E-state index contributed by atoms with van der Waals surface area (Å²) in [6.45, 7) is 8.34. The third-order valence-electron chi connectivity index (χ3n) is 4.03. The van der Waals surface area contributed by atoms with Gasteiger partial charge in [0.1, 0.15) is 0 Å². The number of hydrogen-bond acceptors (Lipinski definition) is 2. The number of ether oxygens (including phenoxy) is 1. The van der Waals surface area contributed by atoms with Gasteiger partial charge in [-0.05, 0) is 37.5 Å². The molecule has 0 bridgehead atoms. The van der Waals surface area contributed by atoms with E-state index in [4.69, 9.17) is 4.74 Å². The Bertz CT molecular complexity index is 859. The molecule has 0 radical (unpaired) electrons. The van der Waals surface area contributed by atoms with Crippen LogP contribution in [0.5, 0.6) is 0 Å². The summed E-state index contributed by atoms with van der Waals surface area (Å²) in [4.78, 5) is 12.9. The molecule has 0 aliphatic rings. The smallest absolute Gasteiger partial charge is 0.192 e. The molecular formula is C23H27NO2. The van der Waals surface area contributed by atoms with Crippen LogP contribution in [0, 0.1) is 0 Å². The molecule has 0 amide bonds. The zero-order chi connectivity index (χ0) is 18.9. The van der Waals surface area contributed by atoms with Crippen molar-refractivity contribution in [2.75, 3.05) is 6.61 Å². The first-order chi connectivity index (χ1) is 12.5. The van der Waals surface area contributed by atoms with Gasteiger partial charge in [-0.3, -0.25) is 4.79 Å². The van der Waals surface area contributed by atoms with Crippen molar-refractivity contribution in [2.24, 2.45) is 7.05 Å². The monoisotopic (exact) mass is 349 g/mol. The predicted octanol–water partition coefficient (Wildman–Crippen LogP) is 4.78. The highest BCUT2D eigenvalue weighted by Crippen LogP contribution is 2.18. The fourth-order valence-corrected chi connectivity index (χ4v) is 2.82. The number of aromatic nitrogens is 1. The Labute approximate surface area is 156 Å². The molecule has 1 heterocycles. The molecule has 1 aromatic carbocycles. The van der Waals surface area contributed by atoms with Crippen molar-refractivity contribution in [1.29, 1.82) is 0 Å². The van der Waals surface area contributed by atoms with Crippen LogP contribution in [0.4, 0.5) is 0 Å². The van der Waals surface area contributed by atoms with Crippen LogP contribution in [-0.4, -0.2) is 17.3 Å². The molecular weight excluding hydrogens is 322 g/mol. The predicted molar refractivity (Wildman–Crippen MR) is 110 cm³/mol. The number of rotatable bonds is 8. The molecule has 1 atom stereocenters. The number of benzene rings is 1. The standard InChI is InChI=1S/C23H27NO2/c1-5-7-11-19-12-9-13-20(15-19)22-17-24(4)16-21(23(22)25)14-8-10-18(3)26-6-2/h5,7-13,15-18H,1,6,14H2,2-4H3/b10-8+,11-7+. The number of allylic oxidation sites excluding steroid dienone is 3. The molecule has 136 valence electrons. The lowest BCUT2D eigenvalue weighted by atomic mass is 10.0. The van der Waals surface area contributed by atoms with Crippen molar-refractivity contribution in [3.05, 3.63) is 88.9 Å². The van der Waals surface area contributed by atoms with Crippen molar-refractivity contribution in [1.82, 2.24) is 4.57 Å². The average Bonchev–Trinajstić information content (AvgIpc) is 2.63.